The number of halogens is 1. The van der Waals surface area contributed by atoms with Crippen LogP contribution in [0, 0.1) is 25.2 Å². The molecule has 1 N–H and O–H groups in total. The highest BCUT2D eigenvalue weighted by Crippen LogP contribution is 2.37. The second-order valence-electron chi connectivity index (χ2n) is 13.6. The Labute approximate surface area is 310 Å². The second-order valence-corrected chi connectivity index (χ2v) is 14.1. The molecule has 2 aliphatic heterocycles. The van der Waals surface area contributed by atoms with E-state index >= 15 is 0 Å². The smallest absolute Gasteiger partial charge is 0.320 e. The Morgan fingerprint density at radius 2 is 1.63 bits per heavy atom. The summed E-state index contributed by atoms with van der Waals surface area (Å²) in [5, 5.41) is 19.6. The van der Waals surface area contributed by atoms with Crippen LogP contribution in [0.15, 0.2) is 67.0 Å². The minimum absolute atomic E-state index is 0.0634. The molecule has 6 rings (SSSR count). The number of ether oxygens (including phenoxy) is 2. The Morgan fingerprint density at radius 1 is 0.904 bits per heavy atom. The monoisotopic (exact) mass is 721 g/mol. The molecule has 10 nitrogen and oxygen atoms in total. The van der Waals surface area contributed by atoms with E-state index in [4.69, 9.17) is 21.1 Å². The number of likely N-dealkylation sites (N-methyl/N-ethyl adjacent to an activating group) is 1. The van der Waals surface area contributed by atoms with Gasteiger partial charge in [-0.1, -0.05) is 48.4 Å². The van der Waals surface area contributed by atoms with E-state index in [0.717, 1.165) is 70.4 Å². The quantitative estimate of drug-likeness (QED) is 0.177. The molecule has 270 valence electrons. The zero-order valence-corrected chi connectivity index (χ0v) is 30.7. The summed E-state index contributed by atoms with van der Waals surface area (Å²) in [7, 11) is 2.08. The van der Waals surface area contributed by atoms with Gasteiger partial charge in [-0.05, 0) is 86.3 Å². The van der Waals surface area contributed by atoms with Crippen LogP contribution < -0.4 is 9.47 Å². The number of carboxylic acids is 1. The fourth-order valence-corrected chi connectivity index (χ4v) is 7.28. The lowest BCUT2D eigenvalue weighted by Gasteiger charge is -2.33. The maximum Gasteiger partial charge on any atom is 0.320 e. The molecule has 2 saturated heterocycles. The van der Waals surface area contributed by atoms with Crippen LogP contribution in [-0.4, -0.2) is 82.5 Å². The maximum absolute atomic E-state index is 13.5. The van der Waals surface area contributed by atoms with Crippen LogP contribution in [0.5, 0.6) is 11.5 Å². The summed E-state index contributed by atoms with van der Waals surface area (Å²) < 4.78 is 12.7. The molecule has 1 amide bonds. The average Bonchev–Trinajstić information content (AvgIpc) is 3.15. The van der Waals surface area contributed by atoms with E-state index in [1.807, 2.05) is 41.0 Å². The van der Waals surface area contributed by atoms with E-state index in [0.29, 0.717) is 54.7 Å². The molecule has 52 heavy (non-hydrogen) atoms. The van der Waals surface area contributed by atoms with Gasteiger partial charge in [0.2, 0.25) is 0 Å². The number of hydrogen-bond donors (Lipinski definition) is 1. The zero-order chi connectivity index (χ0) is 36.8. The van der Waals surface area contributed by atoms with E-state index in [1.54, 1.807) is 24.4 Å². The van der Waals surface area contributed by atoms with Crippen molar-refractivity contribution in [3.05, 3.63) is 111 Å². The molecule has 0 radical (unpaired) electrons. The number of carbonyl (C=O) groups is 2. The van der Waals surface area contributed by atoms with Gasteiger partial charge in [0.1, 0.15) is 36.8 Å². The van der Waals surface area contributed by atoms with Crippen molar-refractivity contribution in [1.82, 2.24) is 19.7 Å². The van der Waals surface area contributed by atoms with Gasteiger partial charge < -0.3 is 24.4 Å². The van der Waals surface area contributed by atoms with Crippen molar-refractivity contribution < 1.29 is 24.2 Å². The van der Waals surface area contributed by atoms with Crippen LogP contribution in [0.25, 0.3) is 11.1 Å². The van der Waals surface area contributed by atoms with E-state index < -0.39 is 12.0 Å². The van der Waals surface area contributed by atoms with Gasteiger partial charge in [-0.2, -0.15) is 5.26 Å². The number of piperidine rings is 1. The van der Waals surface area contributed by atoms with Crippen molar-refractivity contribution in [3.63, 3.8) is 0 Å². The molecule has 3 aromatic carbocycles. The lowest BCUT2D eigenvalue weighted by molar-refractivity contribution is -0.144. The summed E-state index contributed by atoms with van der Waals surface area (Å²) in [4.78, 5) is 35.9. The molecule has 1 atom stereocenters. The van der Waals surface area contributed by atoms with Gasteiger partial charge >= 0.3 is 5.97 Å². The number of pyridine rings is 1. The van der Waals surface area contributed by atoms with E-state index in [1.165, 1.54) is 6.20 Å². The van der Waals surface area contributed by atoms with E-state index in [-0.39, 0.29) is 19.1 Å². The molecule has 0 bridgehead atoms. The Hall–Kier alpha value is -4.95. The highest BCUT2D eigenvalue weighted by atomic mass is 35.5. The number of hydrogen-bond acceptors (Lipinski definition) is 8. The summed E-state index contributed by atoms with van der Waals surface area (Å²) in [6.07, 6.45) is 5.51. The predicted molar refractivity (Wildman–Crippen MR) is 200 cm³/mol. The van der Waals surface area contributed by atoms with Crippen LogP contribution in [-0.2, 0) is 24.6 Å². The molecule has 3 heterocycles. The summed E-state index contributed by atoms with van der Waals surface area (Å²) in [6.45, 7) is 8.62. The standard InChI is InChI=1S/C41H44ClN5O5/c1-27-31(8-6-9-33(27)34-10-7-11-35(28(34)2)40(48)46-16-14-45(3)15-17-46)26-52-39-20-38(51-25-30-18-29(21-43)22-44-23-30)32(19-36(39)42)24-47-13-5-4-12-37(47)41(49)50/h6-11,18-20,22-23,37H,4-5,12-17,24-26H2,1-3H3,(H,49,50). The summed E-state index contributed by atoms with van der Waals surface area (Å²) in [5.74, 6) is 0.167. The molecule has 2 aliphatic rings. The van der Waals surface area contributed by atoms with Crippen LogP contribution in [0.3, 0.4) is 0 Å². The van der Waals surface area contributed by atoms with Crippen LogP contribution in [0.4, 0.5) is 0 Å². The van der Waals surface area contributed by atoms with Gasteiger partial charge in [-0.3, -0.25) is 19.5 Å². The molecule has 1 unspecified atom stereocenters. The van der Waals surface area contributed by atoms with E-state index in [9.17, 15) is 20.0 Å². The third-order valence-electron chi connectivity index (χ3n) is 10.2. The third-order valence-corrected chi connectivity index (χ3v) is 10.5. The third kappa shape index (κ3) is 8.39. The number of nitrogens with zero attached hydrogens (tertiary/aromatic N) is 5. The van der Waals surface area contributed by atoms with Crippen LogP contribution in [0.1, 0.15) is 63.0 Å². The number of benzene rings is 3. The molecule has 2 fully saturated rings. The number of rotatable bonds is 11. The molecule has 4 aromatic rings. The molecular formula is C41H44ClN5O5. The van der Waals surface area contributed by atoms with Crippen molar-refractivity contribution >= 4 is 23.5 Å². The molecule has 0 aliphatic carbocycles. The van der Waals surface area contributed by atoms with Gasteiger partial charge in [0.25, 0.3) is 5.91 Å². The van der Waals surface area contributed by atoms with E-state index in [2.05, 4.69) is 42.1 Å². The number of likely N-dealkylation sites (tertiary alicyclic amines) is 1. The number of piperazine rings is 1. The van der Waals surface area contributed by atoms with Crippen molar-refractivity contribution in [1.29, 1.82) is 5.26 Å². The van der Waals surface area contributed by atoms with Gasteiger partial charge in [0, 0.05) is 67.9 Å². The fourth-order valence-electron chi connectivity index (χ4n) is 7.04. The summed E-state index contributed by atoms with van der Waals surface area (Å²) >= 11 is 6.85. The predicted octanol–water partition coefficient (Wildman–Crippen LogP) is 6.88. The number of amides is 1. The largest absolute Gasteiger partial charge is 0.488 e. The molecule has 0 saturated carbocycles. The molecule has 0 spiro atoms. The first-order chi connectivity index (χ1) is 25.1. The Kier molecular flexibility index (Phi) is 11.8. The Morgan fingerprint density at radius 3 is 2.38 bits per heavy atom. The zero-order valence-electron chi connectivity index (χ0n) is 29.9. The highest BCUT2D eigenvalue weighted by Gasteiger charge is 2.29. The number of aliphatic carboxylic acids is 1. The van der Waals surface area contributed by atoms with Crippen LogP contribution >= 0.6 is 11.6 Å². The first-order valence-corrected chi connectivity index (χ1v) is 18.1. The normalized spacial score (nSPS) is 16.7. The van der Waals surface area contributed by atoms with Crippen molar-refractivity contribution in [3.8, 4) is 28.7 Å². The fraction of sp³-hybridized carbons (Fsp3) is 0.366. The lowest BCUT2D eigenvalue weighted by atomic mass is 9.91. The number of carboxylic acid groups (broad SMARTS) is 1. The topological polar surface area (TPSA) is 119 Å². The Balaban J connectivity index is 1.25. The first kappa shape index (κ1) is 36.8. The van der Waals surface area contributed by atoms with Crippen molar-refractivity contribution in [2.75, 3.05) is 39.8 Å². The van der Waals surface area contributed by atoms with Crippen molar-refractivity contribution in [2.45, 2.75) is 58.9 Å². The van der Waals surface area contributed by atoms with Gasteiger partial charge in [-0.15, -0.1) is 0 Å². The van der Waals surface area contributed by atoms with Gasteiger partial charge in [-0.25, -0.2) is 0 Å². The lowest BCUT2D eigenvalue weighted by Crippen LogP contribution is -2.47. The van der Waals surface area contributed by atoms with Crippen molar-refractivity contribution in [2.24, 2.45) is 0 Å². The average molecular weight is 722 g/mol. The highest BCUT2D eigenvalue weighted by molar-refractivity contribution is 6.32. The van der Waals surface area contributed by atoms with Gasteiger partial charge in [0.05, 0.1) is 10.6 Å². The summed E-state index contributed by atoms with van der Waals surface area (Å²) in [5.41, 5.74) is 7.60. The summed E-state index contributed by atoms with van der Waals surface area (Å²) in [6, 6.07) is 18.8. The molecule has 1 aromatic heterocycles. The minimum Gasteiger partial charge on any atom is -0.488 e. The SMILES string of the molecule is Cc1c(COc2cc(OCc3cncc(C#N)c3)c(CN3CCCCC3C(=O)O)cc2Cl)cccc1-c1cccc(C(=O)N2CCN(C)CC2)c1C. The van der Waals surface area contributed by atoms with Crippen LogP contribution in [0.2, 0.25) is 5.02 Å². The molecular weight excluding hydrogens is 678 g/mol. The number of aromatic nitrogens is 1. The minimum atomic E-state index is -0.839. The second kappa shape index (κ2) is 16.6. The number of carbonyl (C=O) groups excluding carboxylic acids is 1. The first-order valence-electron chi connectivity index (χ1n) is 17.7. The number of nitriles is 1. The maximum atomic E-state index is 13.5. The Bertz CT molecular complexity index is 1990. The molecule has 11 heteroatoms. The van der Waals surface area contributed by atoms with Gasteiger partial charge in [0.15, 0.2) is 0 Å².